The van der Waals surface area contributed by atoms with Crippen LogP contribution in [0.15, 0.2) is 24.3 Å². The summed E-state index contributed by atoms with van der Waals surface area (Å²) in [6.07, 6.45) is 1.37. The molecule has 1 aromatic heterocycles. The number of rotatable bonds is 4. The molecule has 2 aromatic rings. The molecule has 0 unspecified atom stereocenters. The number of hydrogen-bond acceptors (Lipinski definition) is 5. The summed E-state index contributed by atoms with van der Waals surface area (Å²) in [6.45, 7) is 1.64. The van der Waals surface area contributed by atoms with Crippen LogP contribution in [0.3, 0.4) is 0 Å². The van der Waals surface area contributed by atoms with Crippen molar-refractivity contribution in [2.75, 3.05) is 6.26 Å². The zero-order chi connectivity index (χ0) is 15.6. The van der Waals surface area contributed by atoms with Crippen LogP contribution in [0.4, 0.5) is 4.39 Å². The number of benzene rings is 1. The van der Waals surface area contributed by atoms with Gasteiger partial charge in [0.25, 0.3) is 5.91 Å². The first-order chi connectivity index (χ1) is 9.74. The number of nitrogens with zero attached hydrogens (tertiary/aromatic N) is 1. The number of thiazole rings is 1. The van der Waals surface area contributed by atoms with Gasteiger partial charge in [-0.25, -0.2) is 22.5 Å². The van der Waals surface area contributed by atoms with Crippen molar-refractivity contribution < 1.29 is 17.6 Å². The van der Waals surface area contributed by atoms with Crippen molar-refractivity contribution in [2.45, 2.75) is 13.3 Å². The Labute approximate surface area is 125 Å². The van der Waals surface area contributed by atoms with E-state index in [1.807, 2.05) is 4.72 Å². The van der Waals surface area contributed by atoms with E-state index in [4.69, 9.17) is 0 Å². The average molecular weight is 328 g/mol. The lowest BCUT2D eigenvalue weighted by molar-refractivity contribution is 0.0985. The molecule has 1 N–H and O–H groups in total. The number of aryl methyl sites for hydroxylation is 1. The molecule has 1 amide bonds. The van der Waals surface area contributed by atoms with E-state index in [0.717, 1.165) is 23.2 Å². The topological polar surface area (TPSA) is 76.1 Å². The Kier molecular flexibility index (Phi) is 4.38. The van der Waals surface area contributed by atoms with Crippen LogP contribution in [-0.4, -0.2) is 25.6 Å². The molecule has 21 heavy (non-hydrogen) atoms. The van der Waals surface area contributed by atoms with Gasteiger partial charge < -0.3 is 0 Å². The third kappa shape index (κ3) is 4.33. The van der Waals surface area contributed by atoms with Gasteiger partial charge in [-0.15, -0.1) is 11.3 Å². The van der Waals surface area contributed by atoms with Crippen LogP contribution >= 0.6 is 11.3 Å². The fourth-order valence-electron chi connectivity index (χ4n) is 1.73. The Hall–Kier alpha value is -1.80. The van der Waals surface area contributed by atoms with Crippen LogP contribution in [-0.2, 0) is 16.4 Å². The van der Waals surface area contributed by atoms with Gasteiger partial charge in [-0.2, -0.15) is 0 Å². The first-order valence-electron chi connectivity index (χ1n) is 5.97. The van der Waals surface area contributed by atoms with Gasteiger partial charge in [0.15, 0.2) is 0 Å². The van der Waals surface area contributed by atoms with E-state index in [9.17, 15) is 17.6 Å². The number of aromatic nitrogens is 1. The van der Waals surface area contributed by atoms with Crippen LogP contribution in [0, 0.1) is 12.7 Å². The van der Waals surface area contributed by atoms with Gasteiger partial charge in [0.05, 0.1) is 17.0 Å². The second-order valence-electron chi connectivity index (χ2n) is 4.53. The minimum Gasteiger partial charge on any atom is -0.267 e. The number of halogens is 1. The highest BCUT2D eigenvalue weighted by atomic mass is 32.2. The molecule has 0 fully saturated rings. The lowest BCUT2D eigenvalue weighted by Gasteiger charge is -1.99. The summed E-state index contributed by atoms with van der Waals surface area (Å²) >= 11 is 1.13. The van der Waals surface area contributed by atoms with E-state index in [2.05, 4.69) is 4.98 Å². The fraction of sp³-hybridized carbons (Fsp3) is 0.231. The molecule has 0 radical (unpaired) electrons. The molecule has 5 nitrogen and oxygen atoms in total. The van der Waals surface area contributed by atoms with Crippen molar-refractivity contribution in [1.29, 1.82) is 0 Å². The molecule has 0 aliphatic carbocycles. The molecule has 0 aliphatic rings. The number of sulfonamides is 1. The van der Waals surface area contributed by atoms with Crippen LogP contribution in [0.25, 0.3) is 0 Å². The number of carbonyl (C=O) groups is 1. The van der Waals surface area contributed by atoms with E-state index < -0.39 is 15.9 Å². The van der Waals surface area contributed by atoms with Crippen molar-refractivity contribution >= 4 is 27.3 Å². The summed E-state index contributed by atoms with van der Waals surface area (Å²) < 4.78 is 36.9. The van der Waals surface area contributed by atoms with Gasteiger partial charge in [0.2, 0.25) is 10.0 Å². The minimum absolute atomic E-state index is 0.262. The molecule has 0 aliphatic heterocycles. The Bertz CT molecular complexity index is 767. The van der Waals surface area contributed by atoms with Crippen LogP contribution in [0.5, 0.6) is 0 Å². The summed E-state index contributed by atoms with van der Waals surface area (Å²) in [5.41, 5.74) is 1.33. The summed E-state index contributed by atoms with van der Waals surface area (Å²) in [6, 6.07) is 5.99. The van der Waals surface area contributed by atoms with Crippen LogP contribution in [0.1, 0.15) is 25.9 Å². The molecule has 2 rings (SSSR count). The predicted molar refractivity (Wildman–Crippen MR) is 78.4 cm³/mol. The Morgan fingerprint density at radius 1 is 1.33 bits per heavy atom. The molecule has 112 valence electrons. The Balaban J connectivity index is 2.19. The molecule has 0 spiro atoms. The van der Waals surface area contributed by atoms with Crippen molar-refractivity contribution in [3.05, 3.63) is 51.2 Å². The molecule has 8 heteroatoms. The van der Waals surface area contributed by atoms with E-state index >= 15 is 0 Å². The Morgan fingerprint density at radius 3 is 2.52 bits per heavy atom. The minimum atomic E-state index is -3.60. The molecule has 0 bridgehead atoms. The smallest absolute Gasteiger partial charge is 0.267 e. The van der Waals surface area contributed by atoms with Crippen molar-refractivity contribution in [1.82, 2.24) is 9.71 Å². The highest BCUT2D eigenvalue weighted by molar-refractivity contribution is 7.89. The maximum Gasteiger partial charge on any atom is 0.276 e. The highest BCUT2D eigenvalue weighted by Gasteiger charge is 2.18. The summed E-state index contributed by atoms with van der Waals surface area (Å²) in [7, 11) is -3.60. The fourth-order valence-corrected chi connectivity index (χ4v) is 3.23. The van der Waals surface area contributed by atoms with Crippen molar-refractivity contribution in [3.8, 4) is 0 Å². The van der Waals surface area contributed by atoms with Crippen LogP contribution < -0.4 is 4.72 Å². The largest absolute Gasteiger partial charge is 0.276 e. The highest BCUT2D eigenvalue weighted by Crippen LogP contribution is 2.21. The zero-order valence-electron chi connectivity index (χ0n) is 11.4. The normalized spacial score (nSPS) is 11.4. The second kappa shape index (κ2) is 5.90. The maximum absolute atomic E-state index is 12.8. The first kappa shape index (κ1) is 15.6. The van der Waals surface area contributed by atoms with Gasteiger partial charge >= 0.3 is 0 Å². The predicted octanol–water partition coefficient (Wildman–Crippen LogP) is 1.87. The molecule has 0 saturated carbocycles. The maximum atomic E-state index is 12.8. The monoisotopic (exact) mass is 328 g/mol. The molecule has 1 heterocycles. The van der Waals surface area contributed by atoms with Gasteiger partial charge in [-0.05, 0) is 24.6 Å². The lowest BCUT2D eigenvalue weighted by atomic mass is 10.1. The number of amides is 1. The van der Waals surface area contributed by atoms with Crippen LogP contribution in [0.2, 0.25) is 0 Å². The first-order valence-corrected chi connectivity index (χ1v) is 8.68. The molecule has 0 atom stereocenters. The summed E-state index contributed by atoms with van der Waals surface area (Å²) in [5.74, 6) is -1.000. The van der Waals surface area contributed by atoms with E-state index in [-0.39, 0.29) is 10.7 Å². The van der Waals surface area contributed by atoms with Crippen molar-refractivity contribution in [3.63, 3.8) is 0 Å². The Morgan fingerprint density at radius 2 is 1.95 bits per heavy atom. The number of nitrogens with one attached hydrogen (secondary N) is 1. The SMILES string of the molecule is Cc1nc(Cc2ccc(F)cc2)sc1C(=O)NS(C)(=O)=O. The lowest BCUT2D eigenvalue weighted by Crippen LogP contribution is -2.29. The quantitative estimate of drug-likeness (QED) is 0.929. The summed E-state index contributed by atoms with van der Waals surface area (Å²) in [4.78, 5) is 16.3. The second-order valence-corrected chi connectivity index (χ2v) is 7.36. The standard InChI is InChI=1S/C13H13FN2O3S2/c1-8-12(13(17)16-21(2,18)19)20-11(15-8)7-9-3-5-10(14)6-4-9/h3-6H,7H2,1-2H3,(H,16,17). The van der Waals surface area contributed by atoms with Crippen molar-refractivity contribution in [2.24, 2.45) is 0 Å². The van der Waals surface area contributed by atoms with Gasteiger partial charge in [-0.3, -0.25) is 4.79 Å². The van der Waals surface area contributed by atoms with Gasteiger partial charge in [0.1, 0.15) is 10.7 Å². The molecular formula is C13H13FN2O3S2. The molecule has 1 aromatic carbocycles. The third-order valence-electron chi connectivity index (χ3n) is 2.59. The molecule has 0 saturated heterocycles. The average Bonchev–Trinajstić information content (AvgIpc) is 2.71. The summed E-state index contributed by atoms with van der Waals surface area (Å²) in [5, 5.41) is 0.665. The van der Waals surface area contributed by atoms with Gasteiger partial charge in [0, 0.05) is 6.42 Å². The van der Waals surface area contributed by atoms with E-state index in [0.29, 0.717) is 17.1 Å². The zero-order valence-corrected chi connectivity index (χ0v) is 13.0. The number of carbonyl (C=O) groups excluding carboxylic acids is 1. The van der Waals surface area contributed by atoms with E-state index in [1.54, 1.807) is 19.1 Å². The van der Waals surface area contributed by atoms with E-state index in [1.165, 1.54) is 12.1 Å². The third-order valence-corrected chi connectivity index (χ3v) is 4.31. The molecular weight excluding hydrogens is 315 g/mol. The van der Waals surface area contributed by atoms with Gasteiger partial charge in [-0.1, -0.05) is 12.1 Å². The number of hydrogen-bond donors (Lipinski definition) is 1.